The van der Waals surface area contributed by atoms with Gasteiger partial charge in [-0.05, 0) is 43.5 Å². The van der Waals surface area contributed by atoms with Gasteiger partial charge in [0.15, 0.2) is 0 Å². The highest BCUT2D eigenvalue weighted by atomic mass is 32.2. The second-order valence-corrected chi connectivity index (χ2v) is 6.12. The highest BCUT2D eigenvalue weighted by Crippen LogP contribution is 2.27. The van der Waals surface area contributed by atoms with Crippen molar-refractivity contribution in [3.8, 4) is 5.75 Å². The first-order chi connectivity index (χ1) is 8.90. The average molecular weight is 285 g/mol. The number of carboxylic acid groups (broad SMARTS) is 1. The van der Waals surface area contributed by atoms with Crippen molar-refractivity contribution in [3.63, 3.8) is 0 Å². The Labute approximate surface area is 111 Å². The van der Waals surface area contributed by atoms with E-state index in [9.17, 15) is 13.2 Å². The molecule has 1 heterocycles. The van der Waals surface area contributed by atoms with Gasteiger partial charge in [0.2, 0.25) is 10.0 Å². The van der Waals surface area contributed by atoms with Gasteiger partial charge in [-0.15, -0.1) is 0 Å². The van der Waals surface area contributed by atoms with E-state index in [2.05, 4.69) is 4.72 Å². The van der Waals surface area contributed by atoms with Crippen LogP contribution in [0.1, 0.15) is 18.9 Å². The van der Waals surface area contributed by atoms with E-state index in [0.29, 0.717) is 12.4 Å². The van der Waals surface area contributed by atoms with Crippen LogP contribution < -0.4 is 9.46 Å². The molecule has 0 radical (unpaired) electrons. The number of rotatable bonds is 4. The van der Waals surface area contributed by atoms with Gasteiger partial charge in [0.25, 0.3) is 0 Å². The van der Waals surface area contributed by atoms with Crippen LogP contribution in [0.5, 0.6) is 5.75 Å². The van der Waals surface area contributed by atoms with Crippen LogP contribution in [0.4, 0.5) is 0 Å². The summed E-state index contributed by atoms with van der Waals surface area (Å²) in [6.07, 6.45) is 1.60. The van der Waals surface area contributed by atoms with Crippen molar-refractivity contribution in [1.82, 2.24) is 4.72 Å². The monoisotopic (exact) mass is 285 g/mol. The van der Waals surface area contributed by atoms with Crippen molar-refractivity contribution < 1.29 is 23.1 Å². The highest BCUT2D eigenvalue weighted by molar-refractivity contribution is 7.89. The van der Waals surface area contributed by atoms with Gasteiger partial charge in [-0.25, -0.2) is 8.42 Å². The first-order valence-corrected chi connectivity index (χ1v) is 7.39. The van der Waals surface area contributed by atoms with Gasteiger partial charge in [0, 0.05) is 0 Å². The van der Waals surface area contributed by atoms with E-state index in [1.807, 2.05) is 0 Å². The van der Waals surface area contributed by atoms with Gasteiger partial charge in [0.05, 0.1) is 11.5 Å². The van der Waals surface area contributed by atoms with Gasteiger partial charge in [0.1, 0.15) is 11.8 Å². The molecule has 1 aromatic rings. The summed E-state index contributed by atoms with van der Waals surface area (Å²) in [5, 5.41) is 8.74. The quantitative estimate of drug-likeness (QED) is 0.852. The Kier molecular flexibility index (Phi) is 3.77. The Morgan fingerprint density at radius 1 is 1.47 bits per heavy atom. The van der Waals surface area contributed by atoms with Crippen molar-refractivity contribution in [3.05, 3.63) is 23.8 Å². The third kappa shape index (κ3) is 3.05. The summed E-state index contributed by atoms with van der Waals surface area (Å²) < 4.78 is 31.5. The summed E-state index contributed by atoms with van der Waals surface area (Å²) in [7, 11) is -3.82. The number of hydrogen-bond donors (Lipinski definition) is 2. The molecule has 0 saturated heterocycles. The number of nitrogens with one attached hydrogen (secondary N) is 1. The van der Waals surface area contributed by atoms with Crippen molar-refractivity contribution >= 4 is 16.0 Å². The summed E-state index contributed by atoms with van der Waals surface area (Å²) in [4.78, 5) is 10.8. The lowest BCUT2D eigenvalue weighted by Crippen LogP contribution is -2.38. The lowest BCUT2D eigenvalue weighted by molar-refractivity contribution is -0.138. The molecule has 1 aliphatic rings. The zero-order valence-electron chi connectivity index (χ0n) is 10.4. The molecule has 0 fully saturated rings. The van der Waals surface area contributed by atoms with Gasteiger partial charge in [-0.2, -0.15) is 4.72 Å². The standard InChI is InChI=1S/C12H15NO5S/c1-8(12(14)15)13-19(16,17)10-4-5-11-9(7-10)3-2-6-18-11/h4-5,7-8,13H,2-3,6H2,1H3,(H,14,15)/t8-/m0/s1. The minimum Gasteiger partial charge on any atom is -0.493 e. The molecule has 2 N–H and O–H groups in total. The molecule has 19 heavy (non-hydrogen) atoms. The number of ether oxygens (including phenoxy) is 1. The molecule has 1 aromatic carbocycles. The van der Waals surface area contributed by atoms with Crippen molar-refractivity contribution in [2.45, 2.75) is 30.7 Å². The maximum atomic E-state index is 12.0. The normalized spacial score (nSPS) is 16.3. The molecule has 0 bridgehead atoms. The topological polar surface area (TPSA) is 92.7 Å². The van der Waals surface area contributed by atoms with Crippen LogP contribution in [0.3, 0.4) is 0 Å². The second kappa shape index (κ2) is 5.18. The maximum Gasteiger partial charge on any atom is 0.321 e. The van der Waals surface area contributed by atoms with E-state index in [1.165, 1.54) is 19.1 Å². The Morgan fingerprint density at radius 3 is 2.89 bits per heavy atom. The fourth-order valence-corrected chi connectivity index (χ4v) is 3.10. The number of hydrogen-bond acceptors (Lipinski definition) is 4. The number of aryl methyl sites for hydroxylation is 1. The van der Waals surface area contributed by atoms with E-state index >= 15 is 0 Å². The molecule has 0 aliphatic carbocycles. The van der Waals surface area contributed by atoms with E-state index in [-0.39, 0.29) is 4.90 Å². The molecule has 104 valence electrons. The van der Waals surface area contributed by atoms with Crippen LogP contribution in [0.15, 0.2) is 23.1 Å². The molecule has 0 spiro atoms. The van der Waals surface area contributed by atoms with Gasteiger partial charge in [-0.1, -0.05) is 0 Å². The molecule has 0 amide bonds. The van der Waals surface area contributed by atoms with Gasteiger partial charge < -0.3 is 9.84 Å². The molecule has 1 atom stereocenters. The molecule has 6 nitrogen and oxygen atoms in total. The molecule has 0 unspecified atom stereocenters. The smallest absolute Gasteiger partial charge is 0.321 e. The Hall–Kier alpha value is -1.60. The minimum absolute atomic E-state index is 0.0600. The summed E-state index contributed by atoms with van der Waals surface area (Å²) >= 11 is 0. The molecule has 0 aromatic heterocycles. The van der Waals surface area contributed by atoms with E-state index in [4.69, 9.17) is 9.84 Å². The van der Waals surface area contributed by atoms with E-state index < -0.39 is 22.0 Å². The number of fused-ring (bicyclic) bond motifs is 1. The third-order valence-electron chi connectivity index (χ3n) is 2.89. The van der Waals surface area contributed by atoms with Crippen molar-refractivity contribution in [1.29, 1.82) is 0 Å². The van der Waals surface area contributed by atoms with Crippen LogP contribution in [0.2, 0.25) is 0 Å². The van der Waals surface area contributed by atoms with Crippen LogP contribution in [-0.4, -0.2) is 32.1 Å². The number of carbonyl (C=O) groups is 1. The molecule has 2 rings (SSSR count). The Bertz CT molecular complexity index is 596. The van der Waals surface area contributed by atoms with Gasteiger partial charge >= 0.3 is 5.97 Å². The van der Waals surface area contributed by atoms with Crippen LogP contribution in [0.25, 0.3) is 0 Å². The molecular formula is C12H15NO5S. The lowest BCUT2D eigenvalue weighted by atomic mass is 10.1. The minimum atomic E-state index is -3.82. The van der Waals surface area contributed by atoms with E-state index in [0.717, 1.165) is 18.4 Å². The van der Waals surface area contributed by atoms with Crippen LogP contribution in [-0.2, 0) is 21.2 Å². The SMILES string of the molecule is C[C@H](NS(=O)(=O)c1ccc2c(c1)CCCO2)C(=O)O. The van der Waals surface area contributed by atoms with E-state index in [1.54, 1.807) is 6.07 Å². The largest absolute Gasteiger partial charge is 0.493 e. The number of carboxylic acids is 1. The molecule has 0 saturated carbocycles. The predicted molar refractivity (Wildman–Crippen MR) is 67.7 cm³/mol. The third-order valence-corrected chi connectivity index (χ3v) is 4.43. The fraction of sp³-hybridized carbons (Fsp3) is 0.417. The van der Waals surface area contributed by atoms with Crippen molar-refractivity contribution in [2.24, 2.45) is 0 Å². The summed E-state index contributed by atoms with van der Waals surface area (Å²) in [5.74, 6) is -0.527. The lowest BCUT2D eigenvalue weighted by Gasteiger charge is -2.18. The average Bonchev–Trinajstić information content (AvgIpc) is 2.37. The second-order valence-electron chi connectivity index (χ2n) is 4.40. The van der Waals surface area contributed by atoms with Crippen molar-refractivity contribution in [2.75, 3.05) is 6.61 Å². The number of sulfonamides is 1. The predicted octanol–water partition coefficient (Wildman–Crippen LogP) is 0.763. The molecular weight excluding hydrogens is 270 g/mol. The van der Waals surface area contributed by atoms with Gasteiger partial charge in [-0.3, -0.25) is 4.79 Å². The fourth-order valence-electron chi connectivity index (χ4n) is 1.86. The Balaban J connectivity index is 2.28. The summed E-state index contributed by atoms with van der Waals surface area (Å²) in [6.45, 7) is 1.91. The first kappa shape index (κ1) is 13.8. The number of benzene rings is 1. The Morgan fingerprint density at radius 2 is 2.21 bits per heavy atom. The highest BCUT2D eigenvalue weighted by Gasteiger charge is 2.23. The molecule has 7 heteroatoms. The van der Waals surface area contributed by atoms with Crippen LogP contribution in [0, 0.1) is 0 Å². The first-order valence-electron chi connectivity index (χ1n) is 5.91. The summed E-state index contributed by atoms with van der Waals surface area (Å²) in [5.41, 5.74) is 0.831. The van der Waals surface area contributed by atoms with Crippen LogP contribution >= 0.6 is 0 Å². The number of aliphatic carboxylic acids is 1. The zero-order valence-corrected chi connectivity index (χ0v) is 11.2. The zero-order chi connectivity index (χ0) is 14.0. The summed E-state index contributed by atoms with van der Waals surface area (Å²) in [6, 6.07) is 3.39. The molecule has 1 aliphatic heterocycles. The maximum absolute atomic E-state index is 12.0.